The van der Waals surface area contributed by atoms with Gasteiger partial charge in [0, 0.05) is 0 Å². The molecule has 22 heavy (non-hydrogen) atoms. The third-order valence-electron chi connectivity index (χ3n) is 2.59. The van der Waals surface area contributed by atoms with Gasteiger partial charge >= 0.3 is 11.9 Å². The second kappa shape index (κ2) is 5.92. The third-order valence-corrected chi connectivity index (χ3v) is 2.59. The molecule has 0 unspecified atom stereocenters. The van der Waals surface area contributed by atoms with Gasteiger partial charge in [0.2, 0.25) is 0 Å². The molecule has 2 rings (SSSR count). The molecule has 0 aliphatic heterocycles. The normalized spacial score (nSPS) is 10.0. The van der Waals surface area contributed by atoms with Crippen LogP contribution in [-0.2, 0) is 9.78 Å². The molecule has 0 bridgehead atoms. The maximum atomic E-state index is 11.6. The first-order valence-corrected chi connectivity index (χ1v) is 5.85. The van der Waals surface area contributed by atoms with Crippen molar-refractivity contribution >= 4 is 11.9 Å². The van der Waals surface area contributed by atoms with Crippen molar-refractivity contribution < 1.29 is 39.8 Å². The molecule has 114 valence electrons. The van der Waals surface area contributed by atoms with E-state index < -0.39 is 34.6 Å². The number of aromatic hydroxyl groups is 4. The molecule has 0 radical (unpaired) electrons. The summed E-state index contributed by atoms with van der Waals surface area (Å²) >= 11 is 0. The first-order chi connectivity index (χ1) is 10.4. The predicted octanol–water partition coefficient (Wildman–Crippen LogP) is 1.44. The monoisotopic (exact) mass is 306 g/mol. The van der Waals surface area contributed by atoms with Crippen LogP contribution in [0.3, 0.4) is 0 Å². The molecule has 0 aliphatic carbocycles. The van der Waals surface area contributed by atoms with Crippen LogP contribution in [0.15, 0.2) is 36.4 Å². The van der Waals surface area contributed by atoms with Crippen molar-refractivity contribution in [2.45, 2.75) is 0 Å². The van der Waals surface area contributed by atoms with Crippen LogP contribution in [0.5, 0.6) is 23.0 Å². The number of hydrogen-bond acceptors (Lipinski definition) is 8. The van der Waals surface area contributed by atoms with Crippen LogP contribution >= 0.6 is 0 Å². The van der Waals surface area contributed by atoms with Crippen molar-refractivity contribution in [1.29, 1.82) is 0 Å². The van der Waals surface area contributed by atoms with E-state index in [1.54, 1.807) is 0 Å². The average Bonchev–Trinajstić information content (AvgIpc) is 2.49. The Morgan fingerprint density at radius 2 is 1.05 bits per heavy atom. The number of benzene rings is 2. The molecule has 0 heterocycles. The topological polar surface area (TPSA) is 134 Å². The van der Waals surface area contributed by atoms with Gasteiger partial charge in [-0.1, -0.05) is 0 Å². The third kappa shape index (κ3) is 3.18. The summed E-state index contributed by atoms with van der Waals surface area (Å²) in [5, 5.41) is 37.3. The molecule has 0 spiro atoms. The quantitative estimate of drug-likeness (QED) is 0.372. The number of phenols is 4. The molecular formula is C14H10O8. The zero-order valence-electron chi connectivity index (χ0n) is 10.9. The van der Waals surface area contributed by atoms with Crippen LogP contribution in [0.2, 0.25) is 0 Å². The average molecular weight is 306 g/mol. The number of rotatable bonds is 2. The molecule has 0 fully saturated rings. The summed E-state index contributed by atoms with van der Waals surface area (Å²) in [5.41, 5.74) is -0.846. The highest BCUT2D eigenvalue weighted by Crippen LogP contribution is 2.25. The summed E-state index contributed by atoms with van der Waals surface area (Å²) in [7, 11) is 0. The fourth-order valence-corrected chi connectivity index (χ4v) is 1.54. The molecule has 0 saturated carbocycles. The van der Waals surface area contributed by atoms with Crippen molar-refractivity contribution in [2.24, 2.45) is 0 Å². The number of carbonyl (C=O) groups is 2. The minimum Gasteiger partial charge on any atom is -0.508 e. The fraction of sp³-hybridized carbons (Fsp3) is 0. The van der Waals surface area contributed by atoms with Gasteiger partial charge in [-0.15, -0.1) is 0 Å². The zero-order valence-corrected chi connectivity index (χ0v) is 10.9. The number of phenolic OH excluding ortho intramolecular Hbond substituents is 4. The molecule has 2 aromatic rings. The van der Waals surface area contributed by atoms with Gasteiger partial charge in [-0.3, -0.25) is 0 Å². The summed E-state index contributed by atoms with van der Waals surface area (Å²) in [6.45, 7) is 0. The van der Waals surface area contributed by atoms with Crippen molar-refractivity contribution in [1.82, 2.24) is 0 Å². The Labute approximate surface area is 123 Å². The van der Waals surface area contributed by atoms with Crippen molar-refractivity contribution in [2.75, 3.05) is 0 Å². The second-order valence-corrected chi connectivity index (χ2v) is 4.14. The van der Waals surface area contributed by atoms with Gasteiger partial charge < -0.3 is 20.4 Å². The van der Waals surface area contributed by atoms with Gasteiger partial charge in [0.05, 0.1) is 0 Å². The highest BCUT2D eigenvalue weighted by atomic mass is 17.2. The summed E-state index contributed by atoms with van der Waals surface area (Å²) in [6, 6.07) is 6.21. The van der Waals surface area contributed by atoms with Gasteiger partial charge in [0.15, 0.2) is 0 Å². The largest absolute Gasteiger partial charge is 0.508 e. The Bertz CT molecular complexity index is 674. The van der Waals surface area contributed by atoms with Crippen molar-refractivity contribution in [3.63, 3.8) is 0 Å². The van der Waals surface area contributed by atoms with E-state index in [-0.39, 0.29) is 11.5 Å². The van der Waals surface area contributed by atoms with Crippen LogP contribution in [0.4, 0.5) is 0 Å². The van der Waals surface area contributed by atoms with Crippen LogP contribution in [0.25, 0.3) is 0 Å². The van der Waals surface area contributed by atoms with E-state index in [2.05, 4.69) is 9.78 Å². The van der Waals surface area contributed by atoms with Gasteiger partial charge in [-0.05, 0) is 36.4 Å². The van der Waals surface area contributed by atoms with E-state index in [1.165, 1.54) is 0 Å². The molecular weight excluding hydrogens is 296 g/mol. The first-order valence-electron chi connectivity index (χ1n) is 5.85. The van der Waals surface area contributed by atoms with Crippen LogP contribution in [0.1, 0.15) is 20.7 Å². The molecule has 0 saturated heterocycles. The smallest absolute Gasteiger partial charge is 0.390 e. The van der Waals surface area contributed by atoms with Gasteiger partial charge in [0.25, 0.3) is 0 Å². The van der Waals surface area contributed by atoms with Crippen LogP contribution < -0.4 is 0 Å². The molecule has 2 aromatic carbocycles. The summed E-state index contributed by atoms with van der Waals surface area (Å²) in [4.78, 5) is 31.7. The summed E-state index contributed by atoms with van der Waals surface area (Å²) in [5.74, 6) is -4.05. The molecule has 0 aliphatic rings. The maximum absolute atomic E-state index is 11.6. The summed E-state index contributed by atoms with van der Waals surface area (Å²) < 4.78 is 0. The van der Waals surface area contributed by atoms with Gasteiger partial charge in [-0.2, -0.15) is 0 Å². The highest BCUT2D eigenvalue weighted by molar-refractivity contribution is 5.95. The fourth-order valence-electron chi connectivity index (χ4n) is 1.54. The number of hydrogen-bond donors (Lipinski definition) is 4. The second-order valence-electron chi connectivity index (χ2n) is 4.14. The lowest BCUT2D eigenvalue weighted by Crippen LogP contribution is -2.12. The molecule has 0 amide bonds. The highest BCUT2D eigenvalue weighted by Gasteiger charge is 2.20. The molecule has 4 N–H and O–H groups in total. The van der Waals surface area contributed by atoms with E-state index >= 15 is 0 Å². The van der Waals surface area contributed by atoms with E-state index in [9.17, 15) is 30.0 Å². The Morgan fingerprint density at radius 1 is 0.682 bits per heavy atom. The van der Waals surface area contributed by atoms with Gasteiger partial charge in [0.1, 0.15) is 34.1 Å². The number of carbonyl (C=O) groups excluding carboxylic acids is 2. The lowest BCUT2D eigenvalue weighted by atomic mass is 10.2. The standard InChI is InChI=1S/C14H10O8/c15-7-1-3-11(17)9(5-7)13(19)21-22-14(20)10-6-8(16)2-4-12(10)18/h1-6,15-18H. The Balaban J connectivity index is 2.09. The molecule has 0 atom stereocenters. The molecule has 0 aromatic heterocycles. The van der Waals surface area contributed by atoms with E-state index in [1.807, 2.05) is 0 Å². The lowest BCUT2D eigenvalue weighted by Gasteiger charge is -2.06. The van der Waals surface area contributed by atoms with E-state index in [0.29, 0.717) is 0 Å². The zero-order chi connectivity index (χ0) is 16.3. The molecule has 8 heteroatoms. The Morgan fingerprint density at radius 3 is 1.41 bits per heavy atom. The van der Waals surface area contributed by atoms with E-state index in [0.717, 1.165) is 36.4 Å². The minimum absolute atomic E-state index is 0.304. The SMILES string of the molecule is O=C(OOC(=O)c1cc(O)ccc1O)c1cc(O)ccc1O. The maximum Gasteiger partial charge on any atom is 0.390 e. The van der Waals surface area contributed by atoms with E-state index in [4.69, 9.17) is 0 Å². The Hall–Kier alpha value is -3.42. The predicted molar refractivity (Wildman–Crippen MR) is 70.4 cm³/mol. The van der Waals surface area contributed by atoms with Crippen LogP contribution in [-0.4, -0.2) is 32.4 Å². The lowest BCUT2D eigenvalue weighted by molar-refractivity contribution is -0.187. The first kappa shape index (κ1) is 15.0. The van der Waals surface area contributed by atoms with Crippen molar-refractivity contribution in [3.05, 3.63) is 47.5 Å². The Kier molecular flexibility index (Phi) is 4.03. The van der Waals surface area contributed by atoms with Crippen LogP contribution in [0, 0.1) is 0 Å². The van der Waals surface area contributed by atoms with Crippen molar-refractivity contribution in [3.8, 4) is 23.0 Å². The van der Waals surface area contributed by atoms with Gasteiger partial charge in [-0.25, -0.2) is 19.4 Å². The minimum atomic E-state index is -1.23. The molecule has 8 nitrogen and oxygen atoms in total. The summed E-state index contributed by atoms with van der Waals surface area (Å²) in [6.07, 6.45) is 0.